The van der Waals surface area contributed by atoms with Gasteiger partial charge in [-0.15, -0.1) is 0 Å². The predicted octanol–water partition coefficient (Wildman–Crippen LogP) is 5.98. The van der Waals surface area contributed by atoms with Crippen LogP contribution in [0.2, 0.25) is 0 Å². The average Bonchev–Trinajstić information content (AvgIpc) is 2.85. The Hall–Kier alpha value is -3.85. The van der Waals surface area contributed by atoms with Gasteiger partial charge in [0.2, 0.25) is 0 Å². The standard InChI is InChI=1S/C27H26F6O6/c1-3-36-24(25(34)35)14-19-6-8-21(9-7-19)37-11-10-18(2)4-5-20-12-22(38-16-26(28,29)30)15-23(13-20)39-17-27(31,32)33/h6-10,12-13,15,24H,3,11,14,16-17H2,1-2H3,(H,34,35). The monoisotopic (exact) mass is 560 g/mol. The molecule has 212 valence electrons. The smallest absolute Gasteiger partial charge is 0.422 e. The molecule has 0 radical (unpaired) electrons. The van der Waals surface area contributed by atoms with Crippen molar-refractivity contribution >= 4 is 5.97 Å². The zero-order valence-corrected chi connectivity index (χ0v) is 21.0. The van der Waals surface area contributed by atoms with Gasteiger partial charge >= 0.3 is 18.3 Å². The Kier molecular flexibility index (Phi) is 11.5. The van der Waals surface area contributed by atoms with Crippen LogP contribution in [0.1, 0.15) is 25.0 Å². The van der Waals surface area contributed by atoms with E-state index >= 15 is 0 Å². The number of hydrogen-bond acceptors (Lipinski definition) is 5. The van der Waals surface area contributed by atoms with E-state index in [1.54, 1.807) is 44.2 Å². The van der Waals surface area contributed by atoms with Crippen molar-refractivity contribution in [3.8, 4) is 29.1 Å². The number of carboxylic acid groups (broad SMARTS) is 1. The minimum atomic E-state index is -4.64. The highest BCUT2D eigenvalue weighted by atomic mass is 19.4. The summed E-state index contributed by atoms with van der Waals surface area (Å²) in [6.45, 7) is 0.479. The van der Waals surface area contributed by atoms with E-state index in [4.69, 9.17) is 9.47 Å². The molecule has 2 aromatic carbocycles. The van der Waals surface area contributed by atoms with Crippen LogP contribution in [0.25, 0.3) is 0 Å². The van der Waals surface area contributed by atoms with Gasteiger partial charge in [-0.25, -0.2) is 4.79 Å². The van der Waals surface area contributed by atoms with Gasteiger partial charge in [-0.1, -0.05) is 24.0 Å². The summed E-state index contributed by atoms with van der Waals surface area (Å²) in [5.41, 5.74) is 1.36. The molecular formula is C27H26F6O6. The summed E-state index contributed by atoms with van der Waals surface area (Å²) in [6, 6.07) is 10.0. The summed E-state index contributed by atoms with van der Waals surface area (Å²) < 4.78 is 95.0. The van der Waals surface area contributed by atoms with Gasteiger partial charge in [0, 0.05) is 24.7 Å². The van der Waals surface area contributed by atoms with Crippen molar-refractivity contribution in [1.29, 1.82) is 0 Å². The van der Waals surface area contributed by atoms with Crippen molar-refractivity contribution < 1.29 is 55.2 Å². The van der Waals surface area contributed by atoms with E-state index in [0.29, 0.717) is 11.3 Å². The third-order valence-electron chi connectivity index (χ3n) is 4.72. The third kappa shape index (κ3) is 13.0. The molecule has 0 aromatic heterocycles. The molecule has 0 amide bonds. The minimum Gasteiger partial charge on any atom is -0.490 e. The van der Waals surface area contributed by atoms with Crippen LogP contribution in [0.15, 0.2) is 54.1 Å². The second kappa shape index (κ2) is 14.3. The Morgan fingerprint density at radius 2 is 1.49 bits per heavy atom. The fraction of sp³-hybridized carbons (Fsp3) is 0.370. The van der Waals surface area contributed by atoms with Crippen LogP contribution in [0.4, 0.5) is 26.3 Å². The summed E-state index contributed by atoms with van der Waals surface area (Å²) in [6.07, 6.45) is -8.40. The lowest BCUT2D eigenvalue weighted by Gasteiger charge is -2.13. The molecule has 12 heteroatoms. The number of hydrogen-bond donors (Lipinski definition) is 1. The molecule has 0 fully saturated rings. The lowest BCUT2D eigenvalue weighted by molar-refractivity contribution is -0.154. The van der Waals surface area contributed by atoms with Crippen molar-refractivity contribution in [1.82, 2.24) is 0 Å². The number of allylic oxidation sites excluding steroid dienone is 1. The number of ether oxygens (including phenoxy) is 4. The first-order chi connectivity index (χ1) is 18.2. The van der Waals surface area contributed by atoms with Gasteiger partial charge in [-0.3, -0.25) is 0 Å². The van der Waals surface area contributed by atoms with Crippen LogP contribution in [-0.2, 0) is 16.0 Å². The highest BCUT2D eigenvalue weighted by molar-refractivity contribution is 5.72. The van der Waals surface area contributed by atoms with Crippen LogP contribution in [-0.4, -0.2) is 56.0 Å². The molecule has 0 spiro atoms. The zero-order chi connectivity index (χ0) is 29.1. The van der Waals surface area contributed by atoms with Crippen molar-refractivity contribution in [3.05, 3.63) is 65.2 Å². The second-order valence-electron chi connectivity index (χ2n) is 8.08. The summed E-state index contributed by atoms with van der Waals surface area (Å²) in [5.74, 6) is 4.17. The minimum absolute atomic E-state index is 0.0859. The first-order valence-electron chi connectivity index (χ1n) is 11.5. The van der Waals surface area contributed by atoms with Gasteiger partial charge in [-0.2, -0.15) is 26.3 Å². The van der Waals surface area contributed by atoms with Crippen LogP contribution >= 0.6 is 0 Å². The predicted molar refractivity (Wildman–Crippen MR) is 129 cm³/mol. The quantitative estimate of drug-likeness (QED) is 0.255. The number of carbonyl (C=O) groups is 1. The van der Waals surface area contributed by atoms with Crippen molar-refractivity contribution in [2.24, 2.45) is 0 Å². The van der Waals surface area contributed by atoms with Crippen LogP contribution in [0.5, 0.6) is 17.2 Å². The Labute approximate surface area is 221 Å². The third-order valence-corrected chi connectivity index (χ3v) is 4.72. The molecule has 0 saturated carbocycles. The number of halogens is 6. The fourth-order valence-corrected chi connectivity index (χ4v) is 2.98. The Morgan fingerprint density at radius 1 is 0.923 bits per heavy atom. The molecule has 0 aliphatic carbocycles. The average molecular weight is 560 g/mol. The van der Waals surface area contributed by atoms with E-state index < -0.39 is 37.6 Å². The highest BCUT2D eigenvalue weighted by Gasteiger charge is 2.30. The molecule has 1 unspecified atom stereocenters. The number of alkyl halides is 6. The summed E-state index contributed by atoms with van der Waals surface area (Å²) in [4.78, 5) is 11.2. The molecule has 39 heavy (non-hydrogen) atoms. The van der Waals surface area contributed by atoms with E-state index in [-0.39, 0.29) is 36.7 Å². The van der Waals surface area contributed by atoms with E-state index in [1.807, 2.05) is 0 Å². The number of benzene rings is 2. The fourth-order valence-electron chi connectivity index (χ4n) is 2.98. The molecule has 1 N–H and O–H groups in total. The molecule has 0 saturated heterocycles. The van der Waals surface area contributed by atoms with Crippen LogP contribution in [0, 0.1) is 11.8 Å². The number of carboxylic acids is 1. The Bertz CT molecular complexity index is 1140. The largest absolute Gasteiger partial charge is 0.490 e. The van der Waals surface area contributed by atoms with Gasteiger partial charge < -0.3 is 24.1 Å². The first-order valence-corrected chi connectivity index (χ1v) is 11.5. The SMILES string of the molecule is CCOC(Cc1ccc(OCC=C(C)C#Cc2cc(OCC(F)(F)F)cc(OCC(F)(F)F)c2)cc1)C(=O)O. The highest BCUT2D eigenvalue weighted by Crippen LogP contribution is 2.26. The maximum atomic E-state index is 12.5. The zero-order valence-electron chi connectivity index (χ0n) is 21.0. The summed E-state index contributed by atoms with van der Waals surface area (Å²) >= 11 is 0. The first kappa shape index (κ1) is 31.4. The lowest BCUT2D eigenvalue weighted by atomic mass is 10.1. The molecule has 1 atom stereocenters. The molecule has 2 rings (SSSR count). The van der Waals surface area contributed by atoms with Gasteiger partial charge in [0.25, 0.3) is 0 Å². The molecule has 0 aliphatic heterocycles. The van der Waals surface area contributed by atoms with E-state index in [0.717, 1.165) is 23.8 Å². The normalized spacial score (nSPS) is 12.8. The number of aliphatic carboxylic acids is 1. The van der Waals surface area contributed by atoms with E-state index in [9.17, 15) is 36.2 Å². The molecule has 6 nitrogen and oxygen atoms in total. The number of rotatable bonds is 12. The molecule has 2 aromatic rings. The van der Waals surface area contributed by atoms with E-state index in [2.05, 4.69) is 21.3 Å². The van der Waals surface area contributed by atoms with Crippen molar-refractivity contribution in [3.63, 3.8) is 0 Å². The molecule has 0 bridgehead atoms. The Morgan fingerprint density at radius 3 is 1.97 bits per heavy atom. The van der Waals surface area contributed by atoms with Gasteiger partial charge in [0.1, 0.15) is 23.9 Å². The van der Waals surface area contributed by atoms with Crippen LogP contribution in [0.3, 0.4) is 0 Å². The maximum Gasteiger partial charge on any atom is 0.422 e. The maximum absolute atomic E-state index is 12.5. The summed E-state index contributed by atoms with van der Waals surface area (Å²) in [7, 11) is 0. The topological polar surface area (TPSA) is 74.2 Å². The van der Waals surface area contributed by atoms with Crippen LogP contribution < -0.4 is 14.2 Å². The van der Waals surface area contributed by atoms with Crippen molar-refractivity contribution in [2.75, 3.05) is 26.4 Å². The second-order valence-corrected chi connectivity index (χ2v) is 8.08. The van der Waals surface area contributed by atoms with Crippen molar-refractivity contribution in [2.45, 2.75) is 38.7 Å². The van der Waals surface area contributed by atoms with Gasteiger partial charge in [0.15, 0.2) is 19.3 Å². The molecule has 0 aliphatic rings. The molecule has 0 heterocycles. The van der Waals surface area contributed by atoms with Gasteiger partial charge in [-0.05, 0) is 55.3 Å². The Balaban J connectivity index is 2.04. The summed E-state index contributed by atoms with van der Waals surface area (Å²) in [5, 5.41) is 9.18. The van der Waals surface area contributed by atoms with Gasteiger partial charge in [0.05, 0.1) is 0 Å². The molecular weight excluding hydrogens is 534 g/mol. The van der Waals surface area contributed by atoms with E-state index in [1.165, 1.54) is 0 Å². The lowest BCUT2D eigenvalue weighted by Crippen LogP contribution is -2.26.